The van der Waals surface area contributed by atoms with Gasteiger partial charge in [-0.3, -0.25) is 43.2 Å². The highest BCUT2D eigenvalue weighted by molar-refractivity contribution is 5.96. The molecule has 12 atom stereocenters. The van der Waals surface area contributed by atoms with E-state index in [-0.39, 0.29) is 49.2 Å². The number of hydrogen-bond acceptors (Lipinski definition) is 23. The number of hydrogen-bond donors (Lipinski definition) is 15. The Kier molecular flexibility index (Phi) is 22.7. The standard InChI is InChI=1S/C65H74FN11O22/c1-3-65(94)36-19-42-51-34(24-77(42)62(91)35(36)27-96-63(65)92)50-38(15-14-33-30(2)37(66)20-40(73-51)49(33)50)71-48(83)28-95-29-70-46(81)22-69-58(89)41(18-31-10-6-4-7-11-31)72-47(82)23-67-45(80)21-68-57(88)39(74-64(93)97-26-32-12-8-5-9-13-32)16-17-44(79)75-60-55(87)53(85)56(99-60)59(90)76-61-54(86)52(84)43(25-78)98-61/h4-13,19-20,38-39,41,43,52-56,60-61,78,84-87,94H,3,14-18,21-29H2,1-2H3,(H,67,80)(H,68,88)(H,69,89)(H,70,81)(H,71,83)(H,72,82)(H,74,93)(H,75,79)(H,76,90)/t38-,39-,41-,43+,52+,53-,54+,55+,56-,60?,61?,65-/m0/s1. The number of pyridine rings is 2. The quantitative estimate of drug-likeness (QED) is 0.0133. The van der Waals surface area contributed by atoms with Crippen molar-refractivity contribution in [1.82, 2.24) is 57.4 Å². The summed E-state index contributed by atoms with van der Waals surface area (Å²) in [4.78, 5) is 151. The number of carbonyl (C=O) groups is 10. The van der Waals surface area contributed by atoms with Crippen LogP contribution >= 0.6 is 0 Å². The third kappa shape index (κ3) is 16.1. The molecule has 2 aromatic heterocycles. The SMILES string of the molecule is CC[C@@]1(O)C(=O)OCc2c1cc1n(c2=O)Cc2c-1nc1cc(F)c(C)c3c1c2[C@@H](NC(=O)COCNC(=O)CNC(=O)[C@H](Cc1ccccc1)NC(=O)CNC(=O)CNC(=O)[C@H](CCC(=O)NC1O[C@H](C(=O)NC2O[C@H](CO)[C@@H](O)[C@H]2O)[C@@H](O)[C@H]1O)NC(=O)OCc1ccccc1)CC3. The summed E-state index contributed by atoms with van der Waals surface area (Å²) in [5.41, 5.74) is 1.97. The molecule has 3 aromatic carbocycles. The zero-order chi connectivity index (χ0) is 71.0. The van der Waals surface area contributed by atoms with Gasteiger partial charge in [0, 0.05) is 35.4 Å². The molecule has 0 radical (unpaired) electrons. The summed E-state index contributed by atoms with van der Waals surface area (Å²) in [5.74, 6) is -8.42. The topological polar surface area (TPSA) is 481 Å². The van der Waals surface area contributed by atoms with Crippen LogP contribution < -0.4 is 53.4 Å². The molecule has 0 saturated carbocycles. The largest absolute Gasteiger partial charge is 0.458 e. The summed E-state index contributed by atoms with van der Waals surface area (Å²) in [6, 6.07) is 16.2. The number of halogens is 1. The van der Waals surface area contributed by atoms with Crippen LogP contribution in [0.1, 0.15) is 83.2 Å². The van der Waals surface area contributed by atoms with Crippen molar-refractivity contribution >= 4 is 70.2 Å². The zero-order valence-corrected chi connectivity index (χ0v) is 53.4. The maximum absolute atomic E-state index is 15.5. The van der Waals surface area contributed by atoms with Gasteiger partial charge in [-0.1, -0.05) is 67.6 Å². The van der Waals surface area contributed by atoms with Crippen LogP contribution in [-0.4, -0.2) is 200 Å². The van der Waals surface area contributed by atoms with Gasteiger partial charge in [0.1, 0.15) is 75.0 Å². The summed E-state index contributed by atoms with van der Waals surface area (Å²) >= 11 is 0. The van der Waals surface area contributed by atoms with Gasteiger partial charge >= 0.3 is 12.1 Å². The van der Waals surface area contributed by atoms with Crippen molar-refractivity contribution in [2.45, 2.75) is 145 Å². The Morgan fingerprint density at radius 3 is 2.08 bits per heavy atom. The highest BCUT2D eigenvalue weighted by Crippen LogP contribution is 2.46. The molecule has 2 saturated heterocycles. The zero-order valence-electron chi connectivity index (χ0n) is 53.4. The number of ether oxygens (including phenoxy) is 5. The predicted octanol–water partition coefficient (Wildman–Crippen LogP) is -4.01. The van der Waals surface area contributed by atoms with E-state index in [2.05, 4.69) is 47.9 Å². The highest BCUT2D eigenvalue weighted by atomic mass is 19.1. The van der Waals surface area contributed by atoms with Crippen molar-refractivity contribution in [3.63, 3.8) is 0 Å². The smallest absolute Gasteiger partial charge is 0.408 e. The molecule has 34 heteroatoms. The lowest BCUT2D eigenvalue weighted by molar-refractivity contribution is -0.172. The lowest BCUT2D eigenvalue weighted by atomic mass is 9.81. The molecule has 4 aliphatic heterocycles. The number of aromatic nitrogens is 2. The molecule has 10 rings (SSSR count). The number of carbonyl (C=O) groups excluding carboxylic acids is 10. The molecule has 1 aliphatic carbocycles. The van der Waals surface area contributed by atoms with Crippen LogP contribution in [0.2, 0.25) is 0 Å². The fourth-order valence-electron chi connectivity index (χ4n) is 12.3. The molecule has 15 N–H and O–H groups in total. The van der Waals surface area contributed by atoms with Crippen molar-refractivity contribution in [2.24, 2.45) is 0 Å². The maximum atomic E-state index is 15.5. The molecule has 2 unspecified atom stereocenters. The summed E-state index contributed by atoms with van der Waals surface area (Å²) in [6.45, 7) is -1.21. The number of alkyl carbamates (subject to hydrolysis) is 1. The minimum atomic E-state index is -2.09. The van der Waals surface area contributed by atoms with Gasteiger partial charge in [-0.05, 0) is 66.5 Å². The van der Waals surface area contributed by atoms with Gasteiger partial charge in [0.2, 0.25) is 41.4 Å². The first-order valence-electron chi connectivity index (χ1n) is 31.7. The Hall–Kier alpha value is -9.91. The fourth-order valence-corrected chi connectivity index (χ4v) is 12.3. The van der Waals surface area contributed by atoms with Crippen molar-refractivity contribution < 1.29 is 107 Å². The number of aryl methyl sites for hydroxylation is 1. The van der Waals surface area contributed by atoms with E-state index >= 15 is 4.39 Å². The average Bonchev–Trinajstić information content (AvgIpc) is 1.62. The molecular weight excluding hydrogens is 1310 g/mol. The average molecular weight is 1380 g/mol. The summed E-state index contributed by atoms with van der Waals surface area (Å²) in [7, 11) is 0. The van der Waals surface area contributed by atoms with E-state index in [1.807, 2.05) is 0 Å². The number of esters is 1. The molecule has 6 heterocycles. The summed E-state index contributed by atoms with van der Waals surface area (Å²) < 4.78 is 43.5. The van der Waals surface area contributed by atoms with Gasteiger partial charge in [0.05, 0.1) is 61.3 Å². The third-order valence-corrected chi connectivity index (χ3v) is 17.7. The minimum absolute atomic E-state index is 0.0130. The van der Waals surface area contributed by atoms with Crippen LogP contribution in [0.3, 0.4) is 0 Å². The van der Waals surface area contributed by atoms with Crippen LogP contribution in [0.25, 0.3) is 22.3 Å². The molecule has 33 nitrogen and oxygen atoms in total. The summed E-state index contributed by atoms with van der Waals surface area (Å²) in [6.07, 6.45) is -15.0. The lowest BCUT2D eigenvalue weighted by Crippen LogP contribution is -2.53. The third-order valence-electron chi connectivity index (χ3n) is 17.7. The van der Waals surface area contributed by atoms with Crippen molar-refractivity contribution in [2.75, 3.05) is 39.6 Å². The monoisotopic (exact) mass is 1380 g/mol. The predicted molar refractivity (Wildman–Crippen MR) is 336 cm³/mol. The van der Waals surface area contributed by atoms with Crippen LogP contribution in [-0.2, 0) is 105 Å². The number of rotatable bonds is 27. The van der Waals surface area contributed by atoms with Crippen LogP contribution in [0.5, 0.6) is 0 Å². The van der Waals surface area contributed by atoms with Crippen LogP contribution in [0.15, 0.2) is 77.6 Å². The first-order chi connectivity index (χ1) is 47.4. The Balaban J connectivity index is 0.688. The molecule has 5 aliphatic rings. The first kappa shape index (κ1) is 71.9. The van der Waals surface area contributed by atoms with Crippen LogP contribution in [0.4, 0.5) is 9.18 Å². The summed E-state index contributed by atoms with van der Waals surface area (Å²) in [5, 5.41) is 84.6. The number of cyclic esters (lactones) is 1. The normalized spacial score (nSPS) is 23.0. The van der Waals surface area contributed by atoms with Gasteiger partial charge in [0.25, 0.3) is 11.5 Å². The van der Waals surface area contributed by atoms with Gasteiger partial charge < -0.3 is 107 Å². The van der Waals surface area contributed by atoms with E-state index in [4.69, 9.17) is 28.7 Å². The van der Waals surface area contributed by atoms with Gasteiger partial charge in [-0.2, -0.15) is 0 Å². The Morgan fingerprint density at radius 2 is 1.39 bits per heavy atom. The number of nitrogens with zero attached hydrogens (tertiary/aromatic N) is 2. The number of aliphatic hydroxyl groups excluding tert-OH is 5. The van der Waals surface area contributed by atoms with Gasteiger partial charge in [0.15, 0.2) is 24.2 Å². The number of benzene rings is 3. The molecule has 99 heavy (non-hydrogen) atoms. The van der Waals surface area contributed by atoms with Gasteiger partial charge in [-0.15, -0.1) is 0 Å². The van der Waals surface area contributed by atoms with E-state index < -0.39 is 196 Å². The molecular formula is C65H74FN11O22. The molecule has 9 amide bonds. The van der Waals surface area contributed by atoms with E-state index in [1.165, 1.54) is 10.6 Å². The van der Waals surface area contributed by atoms with E-state index in [0.29, 0.717) is 63.0 Å². The van der Waals surface area contributed by atoms with E-state index in [9.17, 15) is 83.4 Å². The second-order valence-electron chi connectivity index (χ2n) is 24.2. The second-order valence-corrected chi connectivity index (χ2v) is 24.2. The van der Waals surface area contributed by atoms with Crippen LogP contribution in [0, 0.1) is 12.7 Å². The number of aliphatic hydroxyl groups is 6. The number of nitrogens with one attached hydrogen (secondary N) is 9. The lowest BCUT2D eigenvalue weighted by Gasteiger charge is -2.31. The maximum Gasteiger partial charge on any atom is 0.408 e. The second kappa shape index (κ2) is 31.3. The van der Waals surface area contributed by atoms with Crippen molar-refractivity contribution in [3.05, 3.63) is 133 Å². The molecule has 5 aromatic rings. The van der Waals surface area contributed by atoms with Crippen molar-refractivity contribution in [3.8, 4) is 11.4 Å². The Bertz CT molecular complexity index is 4020. The molecule has 2 fully saturated rings. The fraction of sp³-hybridized carbons (Fsp3) is 0.446. The molecule has 0 spiro atoms. The van der Waals surface area contributed by atoms with E-state index in [0.717, 1.165) is 0 Å². The first-order valence-corrected chi connectivity index (χ1v) is 31.7. The van der Waals surface area contributed by atoms with Gasteiger partial charge in [-0.25, -0.2) is 19.0 Å². The Labute approximate surface area is 561 Å². The number of amides is 9. The molecule has 0 bridgehead atoms. The van der Waals surface area contributed by atoms with Crippen molar-refractivity contribution in [1.29, 1.82) is 0 Å². The molecule has 528 valence electrons. The minimum Gasteiger partial charge on any atom is -0.458 e. The highest BCUT2D eigenvalue weighted by Gasteiger charge is 2.51. The Morgan fingerprint density at radius 1 is 0.737 bits per heavy atom. The number of fused-ring (bicyclic) bond motifs is 5. The van der Waals surface area contributed by atoms with E-state index in [1.54, 1.807) is 80.6 Å².